The molecule has 0 aromatic heterocycles. The molecule has 0 heterocycles. The zero-order valence-corrected chi connectivity index (χ0v) is 17.6. The predicted octanol–water partition coefficient (Wildman–Crippen LogP) is 3.04. The van der Waals surface area contributed by atoms with E-state index in [1.165, 1.54) is 4.31 Å². The SMILES string of the molecule is CC[C@H](C(=O)NC(C(C)C)C(C)C)N(c1ccc(OC)cc1)S(C)(=O)=O. The Bertz CT molecular complexity index is 676. The van der Waals surface area contributed by atoms with Crippen LogP contribution in [-0.4, -0.2) is 39.8 Å². The van der Waals surface area contributed by atoms with Crippen molar-refractivity contribution < 1.29 is 17.9 Å². The van der Waals surface area contributed by atoms with E-state index in [1.807, 2.05) is 34.6 Å². The van der Waals surface area contributed by atoms with Gasteiger partial charge in [0.2, 0.25) is 15.9 Å². The maximum Gasteiger partial charge on any atom is 0.244 e. The molecule has 1 aromatic rings. The monoisotopic (exact) mass is 384 g/mol. The summed E-state index contributed by atoms with van der Waals surface area (Å²) in [6.45, 7) is 9.99. The highest BCUT2D eigenvalue weighted by molar-refractivity contribution is 7.92. The van der Waals surface area contributed by atoms with E-state index in [0.29, 0.717) is 17.9 Å². The Kier molecular flexibility index (Phi) is 7.93. The van der Waals surface area contributed by atoms with Gasteiger partial charge < -0.3 is 10.1 Å². The number of nitrogens with one attached hydrogen (secondary N) is 1. The van der Waals surface area contributed by atoms with Gasteiger partial charge in [-0.15, -0.1) is 0 Å². The van der Waals surface area contributed by atoms with Crippen LogP contribution in [0.5, 0.6) is 5.75 Å². The minimum Gasteiger partial charge on any atom is -0.497 e. The van der Waals surface area contributed by atoms with Gasteiger partial charge in [-0.1, -0.05) is 34.6 Å². The van der Waals surface area contributed by atoms with E-state index in [4.69, 9.17) is 4.74 Å². The van der Waals surface area contributed by atoms with Crippen LogP contribution in [0.25, 0.3) is 0 Å². The number of anilines is 1. The number of ether oxygens (including phenoxy) is 1. The van der Waals surface area contributed by atoms with E-state index in [2.05, 4.69) is 5.32 Å². The van der Waals surface area contributed by atoms with E-state index < -0.39 is 16.1 Å². The van der Waals surface area contributed by atoms with Crippen molar-refractivity contribution in [1.29, 1.82) is 0 Å². The fraction of sp³-hybridized carbons (Fsp3) is 0.632. The van der Waals surface area contributed by atoms with E-state index in [1.54, 1.807) is 31.4 Å². The standard InChI is InChI=1S/C19H32N2O4S/c1-8-17(19(22)20-18(13(2)3)14(4)5)21(26(7,23)24)15-9-11-16(25-6)12-10-15/h9-14,17-18H,8H2,1-7H3,(H,20,22)/t17-/m1/s1. The van der Waals surface area contributed by atoms with Gasteiger partial charge in [-0.05, 0) is 42.5 Å². The number of carbonyl (C=O) groups excluding carboxylic acids is 1. The first kappa shape index (κ1) is 22.3. The molecule has 0 bridgehead atoms. The molecule has 0 fully saturated rings. The number of methoxy groups -OCH3 is 1. The summed E-state index contributed by atoms with van der Waals surface area (Å²) in [6.07, 6.45) is 1.49. The second-order valence-electron chi connectivity index (χ2n) is 7.20. The molecule has 1 atom stereocenters. The molecule has 0 aliphatic heterocycles. The molecule has 0 spiro atoms. The molecular formula is C19H32N2O4S. The Morgan fingerprint density at radius 3 is 1.96 bits per heavy atom. The largest absolute Gasteiger partial charge is 0.497 e. The number of sulfonamides is 1. The molecule has 0 aliphatic rings. The van der Waals surface area contributed by atoms with Crippen LogP contribution in [0.1, 0.15) is 41.0 Å². The molecule has 6 nitrogen and oxygen atoms in total. The Balaban J connectivity index is 3.22. The van der Waals surface area contributed by atoms with Crippen LogP contribution in [-0.2, 0) is 14.8 Å². The molecule has 1 rings (SSSR count). The number of hydrogen-bond donors (Lipinski definition) is 1. The molecule has 0 radical (unpaired) electrons. The summed E-state index contributed by atoms with van der Waals surface area (Å²) in [6, 6.07) is 5.84. The van der Waals surface area contributed by atoms with Crippen molar-refractivity contribution in [1.82, 2.24) is 5.32 Å². The minimum atomic E-state index is -3.64. The van der Waals surface area contributed by atoms with Crippen LogP contribution in [0.15, 0.2) is 24.3 Å². The molecule has 0 aliphatic carbocycles. The predicted molar refractivity (Wildman–Crippen MR) is 106 cm³/mol. The average molecular weight is 385 g/mol. The van der Waals surface area contributed by atoms with Gasteiger partial charge >= 0.3 is 0 Å². The summed E-state index contributed by atoms with van der Waals surface area (Å²) in [5.41, 5.74) is 0.445. The molecule has 0 saturated heterocycles. The molecule has 148 valence electrons. The highest BCUT2D eigenvalue weighted by Gasteiger charge is 2.33. The molecule has 1 aromatic carbocycles. The highest BCUT2D eigenvalue weighted by Crippen LogP contribution is 2.25. The first-order valence-electron chi connectivity index (χ1n) is 8.96. The van der Waals surface area contributed by atoms with Crippen molar-refractivity contribution in [3.63, 3.8) is 0 Å². The molecule has 26 heavy (non-hydrogen) atoms. The van der Waals surface area contributed by atoms with Crippen LogP contribution in [0.4, 0.5) is 5.69 Å². The number of carbonyl (C=O) groups is 1. The highest BCUT2D eigenvalue weighted by atomic mass is 32.2. The van der Waals surface area contributed by atoms with Gasteiger partial charge in [0.25, 0.3) is 0 Å². The molecule has 0 unspecified atom stereocenters. The van der Waals surface area contributed by atoms with Gasteiger partial charge in [0.15, 0.2) is 0 Å². The second-order valence-corrected chi connectivity index (χ2v) is 9.06. The Hall–Kier alpha value is -1.76. The topological polar surface area (TPSA) is 75.7 Å². The van der Waals surface area contributed by atoms with Crippen molar-refractivity contribution in [2.24, 2.45) is 11.8 Å². The third-order valence-corrected chi connectivity index (χ3v) is 5.58. The lowest BCUT2D eigenvalue weighted by molar-refractivity contribution is -0.123. The summed E-state index contributed by atoms with van der Waals surface area (Å²) >= 11 is 0. The van der Waals surface area contributed by atoms with Crippen LogP contribution >= 0.6 is 0 Å². The van der Waals surface area contributed by atoms with Crippen molar-refractivity contribution in [3.8, 4) is 5.75 Å². The third kappa shape index (κ3) is 5.62. The lowest BCUT2D eigenvalue weighted by Gasteiger charge is -2.33. The molecule has 0 saturated carbocycles. The van der Waals surface area contributed by atoms with Crippen molar-refractivity contribution in [2.75, 3.05) is 17.7 Å². The maximum atomic E-state index is 12.9. The Morgan fingerprint density at radius 2 is 1.62 bits per heavy atom. The zero-order chi connectivity index (χ0) is 20.1. The van der Waals surface area contributed by atoms with E-state index in [-0.39, 0.29) is 23.8 Å². The van der Waals surface area contributed by atoms with Crippen LogP contribution in [0, 0.1) is 11.8 Å². The lowest BCUT2D eigenvalue weighted by Crippen LogP contribution is -2.53. The zero-order valence-electron chi connectivity index (χ0n) is 16.8. The van der Waals surface area contributed by atoms with Crippen molar-refractivity contribution in [3.05, 3.63) is 24.3 Å². The molecule has 1 N–H and O–H groups in total. The second kappa shape index (κ2) is 9.26. The molecular weight excluding hydrogens is 352 g/mol. The van der Waals surface area contributed by atoms with E-state index >= 15 is 0 Å². The first-order valence-corrected chi connectivity index (χ1v) is 10.8. The number of nitrogens with zero attached hydrogens (tertiary/aromatic N) is 1. The van der Waals surface area contributed by atoms with Crippen LogP contribution < -0.4 is 14.4 Å². The van der Waals surface area contributed by atoms with Gasteiger partial charge in [0, 0.05) is 6.04 Å². The molecule has 1 amide bonds. The normalized spacial score (nSPS) is 13.2. The third-order valence-electron chi connectivity index (χ3n) is 4.40. The van der Waals surface area contributed by atoms with Gasteiger partial charge in [-0.2, -0.15) is 0 Å². The average Bonchev–Trinajstić information content (AvgIpc) is 2.55. The smallest absolute Gasteiger partial charge is 0.244 e. The van der Waals surface area contributed by atoms with E-state index in [9.17, 15) is 13.2 Å². The van der Waals surface area contributed by atoms with Crippen LogP contribution in [0.3, 0.4) is 0 Å². The minimum absolute atomic E-state index is 0.0196. The summed E-state index contributed by atoms with van der Waals surface area (Å²) in [5, 5.41) is 3.04. The van der Waals surface area contributed by atoms with Gasteiger partial charge in [0.05, 0.1) is 19.1 Å². The van der Waals surface area contributed by atoms with Gasteiger partial charge in [0.1, 0.15) is 11.8 Å². The number of rotatable bonds is 9. The van der Waals surface area contributed by atoms with Crippen molar-refractivity contribution >= 4 is 21.6 Å². The summed E-state index contributed by atoms with van der Waals surface area (Å²) in [7, 11) is -2.09. The van der Waals surface area contributed by atoms with E-state index in [0.717, 1.165) is 6.26 Å². The summed E-state index contributed by atoms with van der Waals surface area (Å²) in [4.78, 5) is 12.9. The van der Waals surface area contributed by atoms with Gasteiger partial charge in [-0.25, -0.2) is 8.42 Å². The fourth-order valence-electron chi connectivity index (χ4n) is 3.15. The lowest BCUT2D eigenvalue weighted by atomic mass is 9.93. The van der Waals surface area contributed by atoms with Gasteiger partial charge in [-0.3, -0.25) is 9.10 Å². The Morgan fingerprint density at radius 1 is 1.12 bits per heavy atom. The first-order chi connectivity index (χ1) is 12.0. The van der Waals surface area contributed by atoms with Crippen LogP contribution in [0.2, 0.25) is 0 Å². The maximum absolute atomic E-state index is 12.9. The number of benzene rings is 1. The number of amides is 1. The molecule has 7 heteroatoms. The quantitative estimate of drug-likeness (QED) is 0.710. The van der Waals surface area contributed by atoms with Crippen molar-refractivity contribution in [2.45, 2.75) is 53.1 Å². The fourth-order valence-corrected chi connectivity index (χ4v) is 4.36. The summed E-state index contributed by atoms with van der Waals surface area (Å²) in [5.74, 6) is 0.855. The summed E-state index contributed by atoms with van der Waals surface area (Å²) < 4.78 is 31.2. The Labute approximate surface area is 158 Å². The number of hydrogen-bond acceptors (Lipinski definition) is 4.